The van der Waals surface area contributed by atoms with Crippen LogP contribution in [0.25, 0.3) is 0 Å². The summed E-state index contributed by atoms with van der Waals surface area (Å²) in [5.41, 5.74) is 2.31. The Morgan fingerprint density at radius 3 is 3.00 bits per heavy atom. The number of fused-ring (bicyclic) bond motifs is 1. The fourth-order valence-corrected chi connectivity index (χ4v) is 3.07. The number of ether oxygens (including phenoxy) is 1. The molecule has 0 saturated carbocycles. The van der Waals surface area contributed by atoms with Gasteiger partial charge in [-0.2, -0.15) is 0 Å². The van der Waals surface area contributed by atoms with Crippen LogP contribution in [0.3, 0.4) is 0 Å². The molecule has 1 N–H and O–H groups in total. The van der Waals surface area contributed by atoms with Crippen LogP contribution in [0.4, 0.5) is 0 Å². The normalized spacial score (nSPS) is 26.3. The summed E-state index contributed by atoms with van der Waals surface area (Å²) < 4.78 is 5.48. The van der Waals surface area contributed by atoms with Gasteiger partial charge >= 0.3 is 0 Å². The van der Waals surface area contributed by atoms with Gasteiger partial charge in [0.1, 0.15) is 6.10 Å². The Morgan fingerprint density at radius 1 is 1.42 bits per heavy atom. The Balaban J connectivity index is 1.85. The standard InChI is InChI=1S/C15H19NO3/c17-10-13-12-5-2-1-4-11(12)7-8-16(13)15(18)14-6-3-9-19-14/h1-2,4-5,13-14,17H,3,6-10H2/t13-,14+/m1/s1. The molecular formula is C15H19NO3. The van der Waals surface area contributed by atoms with E-state index in [9.17, 15) is 9.90 Å². The van der Waals surface area contributed by atoms with Crippen molar-refractivity contribution in [3.05, 3.63) is 35.4 Å². The van der Waals surface area contributed by atoms with E-state index < -0.39 is 0 Å². The Labute approximate surface area is 113 Å². The molecule has 0 unspecified atom stereocenters. The lowest BCUT2D eigenvalue weighted by atomic mass is 9.92. The molecule has 2 atom stereocenters. The van der Waals surface area contributed by atoms with E-state index >= 15 is 0 Å². The molecule has 4 nitrogen and oxygen atoms in total. The van der Waals surface area contributed by atoms with E-state index in [1.54, 1.807) is 4.90 Å². The van der Waals surface area contributed by atoms with E-state index in [1.807, 2.05) is 18.2 Å². The third-order valence-corrected chi connectivity index (χ3v) is 4.07. The van der Waals surface area contributed by atoms with Crippen molar-refractivity contribution >= 4 is 5.91 Å². The molecule has 1 amide bonds. The molecular weight excluding hydrogens is 242 g/mol. The summed E-state index contributed by atoms with van der Waals surface area (Å²) in [5.74, 6) is 0.0334. The molecule has 0 radical (unpaired) electrons. The van der Waals surface area contributed by atoms with Crippen molar-refractivity contribution in [2.24, 2.45) is 0 Å². The van der Waals surface area contributed by atoms with Crippen LogP contribution in [0.15, 0.2) is 24.3 Å². The summed E-state index contributed by atoms with van der Waals surface area (Å²) in [6.45, 7) is 1.31. The average molecular weight is 261 g/mol. The van der Waals surface area contributed by atoms with Gasteiger partial charge in [-0.05, 0) is 30.4 Å². The highest BCUT2D eigenvalue weighted by molar-refractivity contribution is 5.82. The van der Waals surface area contributed by atoms with E-state index in [0.29, 0.717) is 13.2 Å². The maximum Gasteiger partial charge on any atom is 0.252 e. The van der Waals surface area contributed by atoms with Crippen molar-refractivity contribution in [3.63, 3.8) is 0 Å². The molecule has 1 aromatic rings. The number of rotatable bonds is 2. The number of carbonyl (C=O) groups is 1. The predicted molar refractivity (Wildman–Crippen MR) is 70.7 cm³/mol. The minimum absolute atomic E-state index is 0.0323. The monoisotopic (exact) mass is 261 g/mol. The molecule has 1 aromatic carbocycles. The number of benzene rings is 1. The lowest BCUT2D eigenvalue weighted by molar-refractivity contribution is -0.145. The molecule has 2 aliphatic rings. The van der Waals surface area contributed by atoms with E-state index in [2.05, 4.69) is 6.07 Å². The van der Waals surface area contributed by atoms with Gasteiger partial charge in [-0.15, -0.1) is 0 Å². The van der Waals surface area contributed by atoms with Crippen molar-refractivity contribution < 1.29 is 14.6 Å². The number of carbonyl (C=O) groups excluding carboxylic acids is 1. The minimum Gasteiger partial charge on any atom is -0.394 e. The number of aliphatic hydroxyl groups excluding tert-OH is 1. The summed E-state index contributed by atoms with van der Waals surface area (Å²) >= 11 is 0. The van der Waals surface area contributed by atoms with Crippen LogP contribution in [0.5, 0.6) is 0 Å². The van der Waals surface area contributed by atoms with E-state index in [1.165, 1.54) is 5.56 Å². The first kappa shape index (κ1) is 12.6. The zero-order valence-corrected chi connectivity index (χ0v) is 10.9. The SMILES string of the molecule is O=C([C@@H]1CCCO1)N1CCc2ccccc2[C@H]1CO. The average Bonchev–Trinajstić information content (AvgIpc) is 2.99. The minimum atomic E-state index is -0.306. The molecule has 0 aliphatic carbocycles. The number of amides is 1. The fraction of sp³-hybridized carbons (Fsp3) is 0.533. The van der Waals surface area contributed by atoms with E-state index in [-0.39, 0.29) is 24.7 Å². The maximum absolute atomic E-state index is 12.5. The molecule has 0 bridgehead atoms. The third kappa shape index (κ3) is 2.26. The third-order valence-electron chi connectivity index (χ3n) is 4.07. The van der Waals surface area contributed by atoms with Gasteiger partial charge in [0.15, 0.2) is 0 Å². The van der Waals surface area contributed by atoms with Gasteiger partial charge in [-0.3, -0.25) is 4.79 Å². The first-order chi connectivity index (χ1) is 9.31. The maximum atomic E-state index is 12.5. The van der Waals surface area contributed by atoms with Crippen molar-refractivity contribution in [1.29, 1.82) is 0 Å². The summed E-state index contributed by atoms with van der Waals surface area (Å²) in [5, 5.41) is 9.67. The van der Waals surface area contributed by atoms with Crippen LogP contribution >= 0.6 is 0 Å². The van der Waals surface area contributed by atoms with E-state index in [0.717, 1.165) is 24.8 Å². The van der Waals surface area contributed by atoms with Crippen molar-refractivity contribution in [3.8, 4) is 0 Å². The number of hydrogen-bond donors (Lipinski definition) is 1. The Morgan fingerprint density at radius 2 is 2.26 bits per heavy atom. The molecule has 0 spiro atoms. The second-order valence-corrected chi connectivity index (χ2v) is 5.18. The molecule has 4 heteroatoms. The Kier molecular flexibility index (Phi) is 3.53. The zero-order valence-electron chi connectivity index (χ0n) is 10.9. The van der Waals surface area contributed by atoms with Crippen LogP contribution in [0, 0.1) is 0 Å². The lowest BCUT2D eigenvalue weighted by Gasteiger charge is -2.37. The van der Waals surface area contributed by atoms with Crippen molar-refractivity contribution in [1.82, 2.24) is 4.90 Å². The first-order valence-corrected chi connectivity index (χ1v) is 6.92. The zero-order chi connectivity index (χ0) is 13.2. The van der Waals surface area contributed by atoms with Crippen LogP contribution in [0.2, 0.25) is 0 Å². The molecule has 2 aliphatic heterocycles. The smallest absolute Gasteiger partial charge is 0.252 e. The Hall–Kier alpha value is -1.39. The quantitative estimate of drug-likeness (QED) is 0.872. The highest BCUT2D eigenvalue weighted by atomic mass is 16.5. The van der Waals surface area contributed by atoms with Crippen molar-refractivity contribution in [2.75, 3.05) is 19.8 Å². The highest BCUT2D eigenvalue weighted by Gasteiger charge is 2.35. The second kappa shape index (κ2) is 5.31. The summed E-state index contributed by atoms with van der Waals surface area (Å²) in [7, 11) is 0. The summed E-state index contributed by atoms with van der Waals surface area (Å²) in [6.07, 6.45) is 2.30. The number of nitrogens with zero attached hydrogens (tertiary/aromatic N) is 1. The molecule has 0 aromatic heterocycles. The second-order valence-electron chi connectivity index (χ2n) is 5.18. The molecule has 102 valence electrons. The lowest BCUT2D eigenvalue weighted by Crippen LogP contribution is -2.46. The van der Waals surface area contributed by atoms with Gasteiger partial charge in [-0.1, -0.05) is 24.3 Å². The van der Waals surface area contributed by atoms with Crippen LogP contribution in [-0.2, 0) is 16.0 Å². The van der Waals surface area contributed by atoms with Gasteiger partial charge in [0.05, 0.1) is 12.6 Å². The topological polar surface area (TPSA) is 49.8 Å². The molecule has 2 heterocycles. The Bertz CT molecular complexity index is 468. The fourth-order valence-electron chi connectivity index (χ4n) is 3.07. The predicted octanol–water partition coefficient (Wildman–Crippen LogP) is 1.28. The molecule has 1 fully saturated rings. The molecule has 19 heavy (non-hydrogen) atoms. The van der Waals surface area contributed by atoms with Gasteiger partial charge in [0.2, 0.25) is 0 Å². The van der Waals surface area contributed by atoms with Gasteiger partial charge < -0.3 is 14.7 Å². The van der Waals surface area contributed by atoms with Gasteiger partial charge in [0, 0.05) is 13.2 Å². The van der Waals surface area contributed by atoms with Gasteiger partial charge in [0.25, 0.3) is 5.91 Å². The van der Waals surface area contributed by atoms with E-state index in [4.69, 9.17) is 4.74 Å². The summed E-state index contributed by atoms with van der Waals surface area (Å²) in [6, 6.07) is 7.82. The van der Waals surface area contributed by atoms with Crippen molar-refractivity contribution in [2.45, 2.75) is 31.4 Å². The first-order valence-electron chi connectivity index (χ1n) is 6.92. The summed E-state index contributed by atoms with van der Waals surface area (Å²) in [4.78, 5) is 14.3. The van der Waals surface area contributed by atoms with Crippen LogP contribution in [0.1, 0.15) is 30.0 Å². The van der Waals surface area contributed by atoms with Crippen LogP contribution in [-0.4, -0.2) is 41.8 Å². The highest BCUT2D eigenvalue weighted by Crippen LogP contribution is 2.31. The van der Waals surface area contributed by atoms with Gasteiger partial charge in [-0.25, -0.2) is 0 Å². The largest absolute Gasteiger partial charge is 0.394 e. The molecule has 1 saturated heterocycles. The van der Waals surface area contributed by atoms with Crippen LogP contribution < -0.4 is 0 Å². The molecule has 3 rings (SSSR count). The number of aliphatic hydroxyl groups is 1. The number of hydrogen-bond acceptors (Lipinski definition) is 3.